The van der Waals surface area contributed by atoms with E-state index in [1.54, 1.807) is 4.68 Å². The summed E-state index contributed by atoms with van der Waals surface area (Å²) in [4.78, 5) is 12.8. The molecule has 0 spiro atoms. The second kappa shape index (κ2) is 7.80. The maximum atomic E-state index is 12.8. The van der Waals surface area contributed by atoms with Crippen LogP contribution in [0.5, 0.6) is 0 Å². The number of carbonyl (C=O) groups is 1. The third kappa shape index (κ3) is 3.83. The Labute approximate surface area is 170 Å². The number of hydrogen-bond donors (Lipinski definition) is 1. The highest BCUT2D eigenvalue weighted by Gasteiger charge is 2.23. The van der Waals surface area contributed by atoms with Crippen molar-refractivity contribution in [1.29, 1.82) is 0 Å². The molecular weight excluding hydrogens is 374 g/mol. The summed E-state index contributed by atoms with van der Waals surface area (Å²) in [6.07, 6.45) is 0. The highest BCUT2D eigenvalue weighted by Crippen LogP contribution is 2.25. The molecule has 0 bridgehead atoms. The number of aryl methyl sites for hydroxylation is 3. The first-order valence-corrected chi connectivity index (χ1v) is 9.68. The fourth-order valence-corrected chi connectivity index (χ4v) is 3.38. The van der Waals surface area contributed by atoms with Gasteiger partial charge in [0, 0.05) is 0 Å². The molecule has 7 heteroatoms. The second-order valence-corrected chi connectivity index (χ2v) is 7.66. The Hall–Kier alpha value is -2.60. The molecule has 0 aliphatic rings. The molecule has 1 amide bonds. The number of anilines is 1. The Morgan fingerprint density at radius 3 is 2.25 bits per heavy atom. The van der Waals surface area contributed by atoms with Crippen molar-refractivity contribution in [2.75, 3.05) is 5.32 Å². The van der Waals surface area contributed by atoms with E-state index in [2.05, 4.69) is 46.7 Å². The minimum atomic E-state index is -0.481. The largest absolute Gasteiger partial charge is 0.321 e. The third-order valence-corrected chi connectivity index (χ3v) is 5.61. The van der Waals surface area contributed by atoms with Crippen molar-refractivity contribution in [3.8, 4) is 0 Å². The van der Waals surface area contributed by atoms with Crippen molar-refractivity contribution in [2.45, 2.75) is 54.1 Å². The third-order valence-electron chi connectivity index (χ3n) is 5.07. The number of benzene rings is 1. The normalized spacial score (nSPS) is 12.2. The number of rotatable bonds is 5. The number of halogens is 1. The minimum absolute atomic E-state index is 0.150. The van der Waals surface area contributed by atoms with Crippen LogP contribution in [0.4, 0.5) is 5.69 Å². The van der Waals surface area contributed by atoms with Gasteiger partial charge in [0.05, 0.1) is 40.0 Å². The smallest absolute Gasteiger partial charge is 0.249 e. The van der Waals surface area contributed by atoms with Crippen LogP contribution in [0.2, 0.25) is 5.02 Å². The molecule has 0 saturated heterocycles. The van der Waals surface area contributed by atoms with Crippen molar-refractivity contribution in [2.24, 2.45) is 0 Å². The summed E-state index contributed by atoms with van der Waals surface area (Å²) < 4.78 is 3.58. The Kier molecular flexibility index (Phi) is 5.61. The van der Waals surface area contributed by atoms with E-state index in [4.69, 9.17) is 11.6 Å². The molecule has 0 saturated carbocycles. The lowest BCUT2D eigenvalue weighted by atomic mass is 10.1. The molecule has 0 aliphatic heterocycles. The SMILES string of the molecule is Cc1ccc(Cn2nc(C)c(NC(=O)C(C)n3nc(C)c(Cl)c3C)c2C)cc1. The van der Waals surface area contributed by atoms with Gasteiger partial charge in [0.25, 0.3) is 0 Å². The first-order valence-electron chi connectivity index (χ1n) is 9.30. The van der Waals surface area contributed by atoms with Crippen LogP contribution in [0.15, 0.2) is 24.3 Å². The average Bonchev–Trinajstić information content (AvgIpc) is 3.07. The molecule has 1 atom stereocenters. The lowest BCUT2D eigenvalue weighted by Crippen LogP contribution is -2.25. The van der Waals surface area contributed by atoms with E-state index >= 15 is 0 Å². The van der Waals surface area contributed by atoms with Crippen LogP contribution < -0.4 is 5.32 Å². The Bertz CT molecular complexity index is 1020. The summed E-state index contributed by atoms with van der Waals surface area (Å²) in [5.74, 6) is -0.150. The monoisotopic (exact) mass is 399 g/mol. The van der Waals surface area contributed by atoms with E-state index in [1.165, 1.54) is 11.1 Å². The molecule has 0 aliphatic carbocycles. The van der Waals surface area contributed by atoms with Gasteiger partial charge in [0.15, 0.2) is 0 Å². The molecule has 1 unspecified atom stereocenters. The van der Waals surface area contributed by atoms with E-state index < -0.39 is 6.04 Å². The van der Waals surface area contributed by atoms with Gasteiger partial charge in [-0.1, -0.05) is 41.4 Å². The van der Waals surface area contributed by atoms with Crippen LogP contribution in [0.1, 0.15) is 46.9 Å². The zero-order chi connectivity index (χ0) is 20.6. The number of nitrogens with one attached hydrogen (secondary N) is 1. The predicted molar refractivity (Wildman–Crippen MR) is 112 cm³/mol. The standard InChI is InChI=1S/C21H26ClN5O/c1-12-7-9-18(10-8-12)11-26-16(5)20(14(3)24-26)23-21(28)17(6)27-15(4)19(22)13(2)25-27/h7-10,17H,11H2,1-6H3,(H,23,28). The van der Waals surface area contributed by atoms with E-state index in [-0.39, 0.29) is 5.91 Å². The minimum Gasteiger partial charge on any atom is -0.321 e. The summed E-state index contributed by atoms with van der Waals surface area (Å²) in [6.45, 7) is 12.1. The quantitative estimate of drug-likeness (QED) is 0.685. The van der Waals surface area contributed by atoms with E-state index in [0.29, 0.717) is 11.6 Å². The summed E-state index contributed by atoms with van der Waals surface area (Å²) in [6, 6.07) is 7.89. The van der Waals surface area contributed by atoms with Gasteiger partial charge in [0.2, 0.25) is 5.91 Å². The van der Waals surface area contributed by atoms with Gasteiger partial charge < -0.3 is 5.32 Å². The van der Waals surface area contributed by atoms with Crippen molar-refractivity contribution in [3.63, 3.8) is 0 Å². The van der Waals surface area contributed by atoms with E-state index in [0.717, 1.165) is 28.5 Å². The van der Waals surface area contributed by atoms with Crippen LogP contribution in [-0.4, -0.2) is 25.5 Å². The van der Waals surface area contributed by atoms with Crippen LogP contribution in [0.25, 0.3) is 0 Å². The second-order valence-electron chi connectivity index (χ2n) is 7.28. The molecular formula is C21H26ClN5O. The topological polar surface area (TPSA) is 64.7 Å². The van der Waals surface area contributed by atoms with Gasteiger partial charge in [0.1, 0.15) is 6.04 Å². The molecule has 1 aromatic carbocycles. The summed E-state index contributed by atoms with van der Waals surface area (Å²) in [5, 5.41) is 12.6. The summed E-state index contributed by atoms with van der Waals surface area (Å²) >= 11 is 6.22. The van der Waals surface area contributed by atoms with E-state index in [9.17, 15) is 4.79 Å². The molecule has 0 radical (unpaired) electrons. The number of hydrogen-bond acceptors (Lipinski definition) is 3. The van der Waals surface area contributed by atoms with Gasteiger partial charge in [-0.2, -0.15) is 10.2 Å². The van der Waals surface area contributed by atoms with E-state index in [1.807, 2.05) is 39.3 Å². The number of nitrogens with zero attached hydrogens (tertiary/aromatic N) is 4. The number of carbonyl (C=O) groups excluding carboxylic acids is 1. The van der Waals surface area contributed by atoms with Gasteiger partial charge in [-0.05, 0) is 47.1 Å². The average molecular weight is 400 g/mol. The Morgan fingerprint density at radius 1 is 1.04 bits per heavy atom. The first-order chi connectivity index (χ1) is 13.2. The lowest BCUT2D eigenvalue weighted by Gasteiger charge is -2.15. The highest BCUT2D eigenvalue weighted by atomic mass is 35.5. The van der Waals surface area contributed by atoms with Crippen molar-refractivity contribution < 1.29 is 4.79 Å². The summed E-state index contributed by atoms with van der Waals surface area (Å²) in [7, 11) is 0. The molecule has 2 aromatic heterocycles. The van der Waals surface area contributed by atoms with Crippen LogP contribution in [-0.2, 0) is 11.3 Å². The predicted octanol–water partition coefficient (Wildman–Crippen LogP) is 4.52. The fourth-order valence-electron chi connectivity index (χ4n) is 3.26. The van der Waals surface area contributed by atoms with Gasteiger partial charge in [-0.15, -0.1) is 0 Å². The number of aromatic nitrogens is 4. The molecule has 2 heterocycles. The molecule has 28 heavy (non-hydrogen) atoms. The van der Waals surface area contributed by atoms with Crippen molar-refractivity contribution in [3.05, 3.63) is 63.2 Å². The van der Waals surface area contributed by atoms with Crippen LogP contribution >= 0.6 is 11.6 Å². The van der Waals surface area contributed by atoms with Crippen LogP contribution in [0.3, 0.4) is 0 Å². The molecule has 148 valence electrons. The van der Waals surface area contributed by atoms with Gasteiger partial charge in [-0.3, -0.25) is 14.2 Å². The van der Waals surface area contributed by atoms with Crippen molar-refractivity contribution >= 4 is 23.2 Å². The number of amides is 1. The Morgan fingerprint density at radius 2 is 1.68 bits per heavy atom. The maximum Gasteiger partial charge on any atom is 0.249 e. The molecule has 0 fully saturated rings. The van der Waals surface area contributed by atoms with Gasteiger partial charge in [-0.25, -0.2) is 0 Å². The van der Waals surface area contributed by atoms with Crippen LogP contribution in [0, 0.1) is 34.6 Å². The summed E-state index contributed by atoms with van der Waals surface area (Å²) in [5.41, 5.74) is 6.35. The molecule has 6 nitrogen and oxygen atoms in total. The first kappa shape index (κ1) is 20.1. The maximum absolute atomic E-state index is 12.8. The molecule has 3 rings (SSSR count). The van der Waals surface area contributed by atoms with Gasteiger partial charge >= 0.3 is 0 Å². The fraction of sp³-hybridized carbons (Fsp3) is 0.381. The molecule has 3 aromatic rings. The highest BCUT2D eigenvalue weighted by molar-refractivity contribution is 6.31. The lowest BCUT2D eigenvalue weighted by molar-refractivity contribution is -0.119. The zero-order valence-corrected chi connectivity index (χ0v) is 17.9. The molecule has 1 N–H and O–H groups in total. The van der Waals surface area contributed by atoms with Crippen molar-refractivity contribution in [1.82, 2.24) is 19.6 Å². The Balaban J connectivity index is 1.80. The zero-order valence-electron chi connectivity index (χ0n) is 17.2.